The van der Waals surface area contributed by atoms with Gasteiger partial charge in [0.1, 0.15) is 0 Å². The van der Waals surface area contributed by atoms with Gasteiger partial charge < -0.3 is 10.2 Å². The van der Waals surface area contributed by atoms with Crippen LogP contribution in [0.2, 0.25) is 5.02 Å². The quantitative estimate of drug-likeness (QED) is 0.852. The topological polar surface area (TPSA) is 15.3 Å². The van der Waals surface area contributed by atoms with Crippen molar-refractivity contribution < 1.29 is 0 Å². The SMILES string of the molecule is CC(NCC(C)N(C)C)c1cccc(Cl)c1. The molecule has 0 fully saturated rings. The lowest BCUT2D eigenvalue weighted by molar-refractivity contribution is 0.295. The zero-order valence-electron chi connectivity index (χ0n) is 10.5. The third-order valence-corrected chi connectivity index (χ3v) is 3.18. The second kappa shape index (κ2) is 6.24. The maximum Gasteiger partial charge on any atom is 0.0409 e. The number of hydrogen-bond donors (Lipinski definition) is 1. The summed E-state index contributed by atoms with van der Waals surface area (Å²) in [5.41, 5.74) is 1.23. The molecular formula is C13H21ClN2. The van der Waals surface area contributed by atoms with Gasteiger partial charge in [0.05, 0.1) is 0 Å². The van der Waals surface area contributed by atoms with Crippen LogP contribution in [0.15, 0.2) is 24.3 Å². The van der Waals surface area contributed by atoms with E-state index in [4.69, 9.17) is 11.6 Å². The fraction of sp³-hybridized carbons (Fsp3) is 0.538. The molecule has 0 spiro atoms. The van der Waals surface area contributed by atoms with Crippen LogP contribution in [0.5, 0.6) is 0 Å². The van der Waals surface area contributed by atoms with E-state index in [1.807, 2.05) is 18.2 Å². The Hall–Kier alpha value is -0.570. The summed E-state index contributed by atoms with van der Waals surface area (Å²) < 4.78 is 0. The first-order chi connectivity index (χ1) is 7.50. The van der Waals surface area contributed by atoms with Gasteiger partial charge in [-0.25, -0.2) is 0 Å². The van der Waals surface area contributed by atoms with E-state index >= 15 is 0 Å². The second-order valence-corrected chi connectivity index (χ2v) is 4.93. The van der Waals surface area contributed by atoms with Gasteiger partial charge in [-0.3, -0.25) is 0 Å². The average molecular weight is 241 g/mol. The van der Waals surface area contributed by atoms with Crippen LogP contribution in [0, 0.1) is 0 Å². The Morgan fingerprint density at radius 2 is 2.00 bits per heavy atom. The Labute approximate surface area is 104 Å². The first-order valence-corrected chi connectivity index (χ1v) is 6.03. The number of nitrogens with one attached hydrogen (secondary N) is 1. The molecule has 0 saturated heterocycles. The van der Waals surface area contributed by atoms with Crippen molar-refractivity contribution >= 4 is 11.6 Å². The van der Waals surface area contributed by atoms with E-state index in [0.29, 0.717) is 12.1 Å². The number of likely N-dealkylation sites (N-methyl/N-ethyl adjacent to an activating group) is 1. The van der Waals surface area contributed by atoms with Gasteiger partial charge in [-0.15, -0.1) is 0 Å². The third kappa shape index (κ3) is 4.12. The molecule has 90 valence electrons. The molecule has 0 aromatic heterocycles. The molecule has 0 aliphatic rings. The predicted octanol–water partition coefficient (Wildman–Crippen LogP) is 2.94. The summed E-state index contributed by atoms with van der Waals surface area (Å²) in [6.07, 6.45) is 0. The van der Waals surface area contributed by atoms with E-state index in [0.717, 1.165) is 11.6 Å². The second-order valence-electron chi connectivity index (χ2n) is 4.50. The molecule has 1 N–H and O–H groups in total. The summed E-state index contributed by atoms with van der Waals surface area (Å²) in [7, 11) is 4.19. The lowest BCUT2D eigenvalue weighted by Crippen LogP contribution is -2.36. The molecule has 16 heavy (non-hydrogen) atoms. The number of halogens is 1. The molecule has 0 amide bonds. The van der Waals surface area contributed by atoms with Gasteiger partial charge in [0.15, 0.2) is 0 Å². The van der Waals surface area contributed by atoms with E-state index < -0.39 is 0 Å². The average Bonchev–Trinajstić information content (AvgIpc) is 2.25. The highest BCUT2D eigenvalue weighted by molar-refractivity contribution is 6.30. The van der Waals surface area contributed by atoms with Crippen molar-refractivity contribution in [2.45, 2.75) is 25.9 Å². The summed E-state index contributed by atoms with van der Waals surface area (Å²) >= 11 is 5.97. The van der Waals surface area contributed by atoms with Gasteiger partial charge >= 0.3 is 0 Å². The van der Waals surface area contributed by atoms with Crippen LogP contribution in [-0.2, 0) is 0 Å². The Morgan fingerprint density at radius 3 is 2.56 bits per heavy atom. The standard InChI is InChI=1S/C13H21ClN2/c1-10(16(3)4)9-15-11(2)12-6-5-7-13(14)8-12/h5-8,10-11,15H,9H2,1-4H3. The minimum absolute atomic E-state index is 0.334. The molecule has 0 heterocycles. The van der Waals surface area contributed by atoms with Crippen LogP contribution in [0.25, 0.3) is 0 Å². The van der Waals surface area contributed by atoms with Gasteiger partial charge in [-0.2, -0.15) is 0 Å². The van der Waals surface area contributed by atoms with Crippen molar-refractivity contribution in [3.8, 4) is 0 Å². The Balaban J connectivity index is 2.49. The van der Waals surface area contributed by atoms with Gasteiger partial charge in [0.2, 0.25) is 0 Å². The number of hydrogen-bond acceptors (Lipinski definition) is 2. The molecule has 0 radical (unpaired) electrons. The van der Waals surface area contributed by atoms with Crippen molar-refractivity contribution in [2.75, 3.05) is 20.6 Å². The Bertz CT molecular complexity index is 325. The van der Waals surface area contributed by atoms with E-state index in [1.165, 1.54) is 5.56 Å². The lowest BCUT2D eigenvalue weighted by atomic mass is 10.1. The monoisotopic (exact) mass is 240 g/mol. The van der Waals surface area contributed by atoms with E-state index in [-0.39, 0.29) is 0 Å². The molecule has 0 bridgehead atoms. The fourth-order valence-electron chi connectivity index (χ4n) is 1.42. The third-order valence-electron chi connectivity index (χ3n) is 2.95. The van der Waals surface area contributed by atoms with Crippen LogP contribution in [0.3, 0.4) is 0 Å². The largest absolute Gasteiger partial charge is 0.309 e. The Morgan fingerprint density at radius 1 is 1.31 bits per heavy atom. The predicted molar refractivity (Wildman–Crippen MR) is 71.0 cm³/mol. The molecule has 3 heteroatoms. The first kappa shape index (κ1) is 13.5. The van der Waals surface area contributed by atoms with Crippen molar-refractivity contribution in [3.05, 3.63) is 34.9 Å². The minimum atomic E-state index is 0.334. The molecule has 1 rings (SSSR count). The Kier molecular flexibility index (Phi) is 5.26. The fourth-order valence-corrected chi connectivity index (χ4v) is 1.62. The van der Waals surface area contributed by atoms with E-state index in [1.54, 1.807) is 0 Å². The molecule has 0 aliphatic carbocycles. The number of rotatable bonds is 5. The summed E-state index contributed by atoms with van der Waals surface area (Å²) in [5.74, 6) is 0. The molecule has 0 aliphatic heterocycles. The zero-order valence-corrected chi connectivity index (χ0v) is 11.3. The molecule has 2 unspecified atom stereocenters. The van der Waals surface area contributed by atoms with Crippen molar-refractivity contribution in [3.63, 3.8) is 0 Å². The number of benzene rings is 1. The van der Waals surface area contributed by atoms with Gasteiger partial charge in [0.25, 0.3) is 0 Å². The molecule has 1 aromatic rings. The van der Waals surface area contributed by atoms with Crippen molar-refractivity contribution in [2.24, 2.45) is 0 Å². The van der Waals surface area contributed by atoms with Crippen molar-refractivity contribution in [1.29, 1.82) is 0 Å². The van der Waals surface area contributed by atoms with Gasteiger partial charge in [-0.05, 0) is 45.6 Å². The molecule has 1 aromatic carbocycles. The van der Waals surface area contributed by atoms with Crippen LogP contribution in [0.1, 0.15) is 25.5 Å². The highest BCUT2D eigenvalue weighted by Gasteiger charge is 2.08. The highest BCUT2D eigenvalue weighted by atomic mass is 35.5. The number of nitrogens with zero attached hydrogens (tertiary/aromatic N) is 1. The lowest BCUT2D eigenvalue weighted by Gasteiger charge is -2.23. The van der Waals surface area contributed by atoms with Gasteiger partial charge in [-0.1, -0.05) is 23.7 Å². The summed E-state index contributed by atoms with van der Waals surface area (Å²) in [6.45, 7) is 5.34. The molecule has 0 saturated carbocycles. The van der Waals surface area contributed by atoms with Gasteiger partial charge in [0, 0.05) is 23.7 Å². The van der Waals surface area contributed by atoms with E-state index in [2.05, 4.69) is 44.2 Å². The van der Waals surface area contributed by atoms with Crippen LogP contribution in [0.4, 0.5) is 0 Å². The molecule has 2 nitrogen and oxygen atoms in total. The van der Waals surface area contributed by atoms with Crippen LogP contribution < -0.4 is 5.32 Å². The van der Waals surface area contributed by atoms with Crippen LogP contribution >= 0.6 is 11.6 Å². The smallest absolute Gasteiger partial charge is 0.0409 e. The van der Waals surface area contributed by atoms with Crippen molar-refractivity contribution in [1.82, 2.24) is 10.2 Å². The normalized spacial score (nSPS) is 15.1. The summed E-state index contributed by atoms with van der Waals surface area (Å²) in [4.78, 5) is 2.21. The molecule has 2 atom stereocenters. The maximum absolute atomic E-state index is 5.97. The van der Waals surface area contributed by atoms with E-state index in [9.17, 15) is 0 Å². The first-order valence-electron chi connectivity index (χ1n) is 5.66. The summed E-state index contributed by atoms with van der Waals surface area (Å²) in [6, 6.07) is 8.87. The van der Waals surface area contributed by atoms with Crippen LogP contribution in [-0.4, -0.2) is 31.6 Å². The molecular weight excluding hydrogens is 220 g/mol. The summed E-state index contributed by atoms with van der Waals surface area (Å²) in [5, 5.41) is 4.30. The highest BCUT2D eigenvalue weighted by Crippen LogP contribution is 2.17. The zero-order chi connectivity index (χ0) is 12.1. The minimum Gasteiger partial charge on any atom is -0.309 e. The maximum atomic E-state index is 5.97.